The van der Waals surface area contributed by atoms with E-state index in [-0.39, 0.29) is 18.7 Å². The fraction of sp³-hybridized carbons (Fsp3) is 0.938. The Labute approximate surface area is 129 Å². The average Bonchev–Trinajstić information content (AvgIpc) is 2.36. The summed E-state index contributed by atoms with van der Waals surface area (Å²) in [7, 11) is 0. The van der Waals surface area contributed by atoms with E-state index in [9.17, 15) is 9.90 Å². The SMILES string of the molecule is CC(C)N[C@@H](CCO)[C@H]1CCCN(C(=O)OC(C)(C)C)C1. The number of likely N-dealkylation sites (tertiary alicyclic amines) is 1. The first-order valence-corrected chi connectivity index (χ1v) is 8.07. The molecule has 1 rings (SSSR count). The molecule has 0 aromatic heterocycles. The van der Waals surface area contributed by atoms with Crippen LogP contribution in [0, 0.1) is 5.92 Å². The van der Waals surface area contributed by atoms with Gasteiger partial charge < -0.3 is 20.1 Å². The molecular formula is C16H32N2O3. The smallest absolute Gasteiger partial charge is 0.410 e. The lowest BCUT2D eigenvalue weighted by atomic mass is 9.88. The monoisotopic (exact) mass is 300 g/mol. The predicted molar refractivity (Wildman–Crippen MR) is 84.3 cm³/mol. The van der Waals surface area contributed by atoms with E-state index in [0.717, 1.165) is 25.8 Å². The lowest BCUT2D eigenvalue weighted by molar-refractivity contribution is 0.0136. The van der Waals surface area contributed by atoms with Crippen LogP contribution in [0.5, 0.6) is 0 Å². The van der Waals surface area contributed by atoms with Crippen molar-refractivity contribution < 1.29 is 14.6 Å². The third-order valence-corrected chi connectivity index (χ3v) is 3.67. The van der Waals surface area contributed by atoms with E-state index in [4.69, 9.17) is 4.74 Å². The Hall–Kier alpha value is -0.810. The lowest BCUT2D eigenvalue weighted by Gasteiger charge is -2.38. The Morgan fingerprint density at radius 3 is 2.62 bits per heavy atom. The number of rotatable bonds is 5. The fourth-order valence-corrected chi connectivity index (χ4v) is 2.85. The first-order valence-electron chi connectivity index (χ1n) is 8.07. The second-order valence-electron chi connectivity index (χ2n) is 7.27. The number of ether oxygens (including phenoxy) is 1. The number of hydrogen-bond acceptors (Lipinski definition) is 4. The molecule has 5 nitrogen and oxygen atoms in total. The van der Waals surface area contributed by atoms with Crippen LogP contribution in [-0.4, -0.2) is 53.5 Å². The van der Waals surface area contributed by atoms with Gasteiger partial charge in [-0.2, -0.15) is 0 Å². The van der Waals surface area contributed by atoms with Crippen molar-refractivity contribution in [2.24, 2.45) is 5.92 Å². The molecule has 21 heavy (non-hydrogen) atoms. The molecule has 0 unspecified atom stereocenters. The van der Waals surface area contributed by atoms with Gasteiger partial charge in [-0.1, -0.05) is 13.8 Å². The molecule has 0 bridgehead atoms. The fourth-order valence-electron chi connectivity index (χ4n) is 2.85. The molecule has 1 aliphatic rings. The van der Waals surface area contributed by atoms with E-state index in [1.807, 2.05) is 25.7 Å². The van der Waals surface area contributed by atoms with Crippen molar-refractivity contribution in [2.75, 3.05) is 19.7 Å². The first kappa shape index (κ1) is 18.2. The van der Waals surface area contributed by atoms with Crippen LogP contribution >= 0.6 is 0 Å². The summed E-state index contributed by atoms with van der Waals surface area (Å²) in [5, 5.41) is 12.8. The van der Waals surface area contributed by atoms with Crippen LogP contribution < -0.4 is 5.32 Å². The summed E-state index contributed by atoms with van der Waals surface area (Å²) in [4.78, 5) is 14.0. The van der Waals surface area contributed by atoms with Crippen LogP contribution in [-0.2, 0) is 4.74 Å². The summed E-state index contributed by atoms with van der Waals surface area (Å²) in [6.07, 6.45) is 2.58. The highest BCUT2D eigenvalue weighted by Crippen LogP contribution is 2.23. The molecule has 1 aliphatic heterocycles. The van der Waals surface area contributed by atoms with Gasteiger partial charge in [-0.25, -0.2) is 4.79 Å². The zero-order chi connectivity index (χ0) is 16.0. The van der Waals surface area contributed by atoms with Gasteiger partial charge in [-0.3, -0.25) is 0 Å². The van der Waals surface area contributed by atoms with E-state index in [1.54, 1.807) is 0 Å². The van der Waals surface area contributed by atoms with Gasteiger partial charge in [0.15, 0.2) is 0 Å². The molecule has 1 amide bonds. The topological polar surface area (TPSA) is 61.8 Å². The molecule has 0 aromatic carbocycles. The third-order valence-electron chi connectivity index (χ3n) is 3.67. The molecule has 5 heteroatoms. The van der Waals surface area contributed by atoms with Gasteiger partial charge in [0.1, 0.15) is 5.60 Å². The van der Waals surface area contributed by atoms with Gasteiger partial charge in [0.05, 0.1) is 0 Å². The quantitative estimate of drug-likeness (QED) is 0.818. The molecule has 0 radical (unpaired) electrons. The maximum Gasteiger partial charge on any atom is 0.410 e. The number of aliphatic hydroxyl groups is 1. The van der Waals surface area contributed by atoms with Crippen LogP contribution in [0.4, 0.5) is 4.79 Å². The molecule has 0 aromatic rings. The van der Waals surface area contributed by atoms with Crippen molar-refractivity contribution in [3.05, 3.63) is 0 Å². The van der Waals surface area contributed by atoms with Crippen molar-refractivity contribution in [1.82, 2.24) is 10.2 Å². The summed E-state index contributed by atoms with van der Waals surface area (Å²) >= 11 is 0. The maximum absolute atomic E-state index is 12.2. The molecule has 124 valence electrons. The van der Waals surface area contributed by atoms with Crippen LogP contribution in [0.25, 0.3) is 0 Å². The van der Waals surface area contributed by atoms with Crippen molar-refractivity contribution >= 4 is 6.09 Å². The van der Waals surface area contributed by atoms with Crippen molar-refractivity contribution in [2.45, 2.75) is 71.6 Å². The number of carbonyl (C=O) groups excluding carboxylic acids is 1. The van der Waals surface area contributed by atoms with E-state index in [1.165, 1.54) is 0 Å². The van der Waals surface area contributed by atoms with Crippen LogP contribution in [0.3, 0.4) is 0 Å². The second kappa shape index (κ2) is 7.99. The normalized spacial score (nSPS) is 21.5. The zero-order valence-electron chi connectivity index (χ0n) is 14.2. The summed E-state index contributed by atoms with van der Waals surface area (Å²) < 4.78 is 5.46. The Morgan fingerprint density at radius 2 is 2.10 bits per heavy atom. The summed E-state index contributed by atoms with van der Waals surface area (Å²) in [5.41, 5.74) is -0.454. The number of carbonyl (C=O) groups is 1. The molecule has 1 fully saturated rings. The summed E-state index contributed by atoms with van der Waals surface area (Å²) in [6.45, 7) is 11.5. The minimum absolute atomic E-state index is 0.174. The molecular weight excluding hydrogens is 268 g/mol. The van der Waals surface area contributed by atoms with Gasteiger partial charge >= 0.3 is 6.09 Å². The molecule has 0 spiro atoms. The standard InChI is InChI=1S/C16H32N2O3/c1-12(2)17-14(8-10-19)13-7-6-9-18(11-13)15(20)21-16(3,4)5/h12-14,17,19H,6-11H2,1-5H3/t13-,14-/m0/s1. The summed E-state index contributed by atoms with van der Waals surface area (Å²) in [6, 6.07) is 0.624. The van der Waals surface area contributed by atoms with Gasteiger partial charge in [-0.15, -0.1) is 0 Å². The predicted octanol–water partition coefficient (Wildman–Crippen LogP) is 2.38. The highest BCUT2D eigenvalue weighted by atomic mass is 16.6. The van der Waals surface area contributed by atoms with Crippen molar-refractivity contribution in [1.29, 1.82) is 0 Å². The van der Waals surface area contributed by atoms with Gasteiger partial charge in [0.25, 0.3) is 0 Å². The Balaban J connectivity index is 2.62. The van der Waals surface area contributed by atoms with E-state index >= 15 is 0 Å². The van der Waals surface area contributed by atoms with E-state index in [0.29, 0.717) is 18.5 Å². The minimum atomic E-state index is -0.454. The first-order chi connectivity index (χ1) is 9.73. The van der Waals surface area contributed by atoms with Crippen molar-refractivity contribution in [3.8, 4) is 0 Å². The van der Waals surface area contributed by atoms with Crippen LogP contribution in [0.2, 0.25) is 0 Å². The number of hydrogen-bond donors (Lipinski definition) is 2. The molecule has 0 aliphatic carbocycles. The van der Waals surface area contributed by atoms with Crippen LogP contribution in [0.1, 0.15) is 53.9 Å². The Kier molecular flexibility index (Phi) is 6.94. The summed E-state index contributed by atoms with van der Waals surface area (Å²) in [5.74, 6) is 0.376. The molecule has 0 saturated carbocycles. The molecule has 1 heterocycles. The van der Waals surface area contributed by atoms with Gasteiger partial charge in [-0.05, 0) is 46.0 Å². The highest BCUT2D eigenvalue weighted by Gasteiger charge is 2.31. The maximum atomic E-state index is 12.2. The number of nitrogens with one attached hydrogen (secondary N) is 1. The largest absolute Gasteiger partial charge is 0.444 e. The van der Waals surface area contributed by atoms with Crippen molar-refractivity contribution in [3.63, 3.8) is 0 Å². The van der Waals surface area contributed by atoms with Gasteiger partial charge in [0.2, 0.25) is 0 Å². The number of amides is 1. The second-order valence-corrected chi connectivity index (χ2v) is 7.27. The van der Waals surface area contributed by atoms with Crippen LogP contribution in [0.15, 0.2) is 0 Å². The van der Waals surface area contributed by atoms with Gasteiger partial charge in [0, 0.05) is 31.8 Å². The Bertz CT molecular complexity index is 326. The number of piperidine rings is 1. The average molecular weight is 300 g/mol. The number of nitrogens with zero attached hydrogens (tertiary/aromatic N) is 1. The van der Waals surface area contributed by atoms with E-state index < -0.39 is 5.60 Å². The Morgan fingerprint density at radius 1 is 1.43 bits per heavy atom. The minimum Gasteiger partial charge on any atom is -0.444 e. The lowest BCUT2D eigenvalue weighted by Crippen LogP contribution is -2.50. The third kappa shape index (κ3) is 6.66. The zero-order valence-corrected chi connectivity index (χ0v) is 14.2. The molecule has 1 saturated heterocycles. The number of aliphatic hydroxyl groups excluding tert-OH is 1. The van der Waals surface area contributed by atoms with E-state index in [2.05, 4.69) is 19.2 Å². The highest BCUT2D eigenvalue weighted by molar-refractivity contribution is 5.68. The molecule has 2 atom stereocenters. The molecule has 2 N–H and O–H groups in total.